The van der Waals surface area contributed by atoms with Crippen molar-refractivity contribution in [1.29, 1.82) is 0 Å². The minimum absolute atomic E-state index is 0.0253. The van der Waals surface area contributed by atoms with Gasteiger partial charge in [0.2, 0.25) is 17.7 Å². The number of hydrogen-bond donors (Lipinski definition) is 2. The predicted octanol–water partition coefficient (Wildman–Crippen LogP) is 3.27. The highest BCUT2D eigenvalue weighted by Gasteiger charge is 2.29. The van der Waals surface area contributed by atoms with Crippen LogP contribution in [0.2, 0.25) is 0 Å². The summed E-state index contributed by atoms with van der Waals surface area (Å²) in [5.74, 6) is -0.889. The number of anilines is 1. The molecular weight excluding hydrogens is 405 g/mol. The third-order valence-electron chi connectivity index (χ3n) is 3.88. The zero-order valence-electron chi connectivity index (χ0n) is 16.5. The third kappa shape index (κ3) is 6.61. The summed E-state index contributed by atoms with van der Waals surface area (Å²) in [6.45, 7) is 1.92. The average molecular weight is 426 g/mol. The van der Waals surface area contributed by atoms with Crippen LogP contribution in [0.15, 0.2) is 30.5 Å². The molecule has 0 aromatic carbocycles. The number of nitrogens with zero attached hydrogens (tertiary/aromatic N) is 2. The van der Waals surface area contributed by atoms with Crippen molar-refractivity contribution in [3.63, 3.8) is 0 Å². The first-order valence-electron chi connectivity index (χ1n) is 8.94. The van der Waals surface area contributed by atoms with Gasteiger partial charge in [-0.2, -0.15) is 18.2 Å². The molecule has 162 valence electrons. The number of pyridine rings is 2. The number of ether oxygens (including phenoxy) is 2. The molecule has 0 fully saturated rings. The molecule has 2 N–H and O–H groups in total. The molecule has 2 heterocycles. The molecule has 30 heavy (non-hydrogen) atoms. The van der Waals surface area contributed by atoms with E-state index < -0.39 is 24.7 Å². The van der Waals surface area contributed by atoms with E-state index >= 15 is 0 Å². The first-order chi connectivity index (χ1) is 14.1. The van der Waals surface area contributed by atoms with Crippen molar-refractivity contribution in [2.24, 2.45) is 0 Å². The van der Waals surface area contributed by atoms with Crippen LogP contribution in [-0.4, -0.2) is 41.7 Å². The molecule has 0 aliphatic heterocycles. The number of alkyl halides is 3. The number of carbonyl (C=O) groups is 2. The van der Waals surface area contributed by atoms with Gasteiger partial charge in [-0.25, -0.2) is 4.98 Å². The molecule has 0 saturated carbocycles. The Morgan fingerprint density at radius 3 is 2.60 bits per heavy atom. The van der Waals surface area contributed by atoms with Crippen molar-refractivity contribution in [2.45, 2.75) is 32.5 Å². The fraction of sp³-hybridized carbons (Fsp3) is 0.368. The molecule has 0 aliphatic carbocycles. The zero-order valence-corrected chi connectivity index (χ0v) is 16.5. The van der Waals surface area contributed by atoms with Gasteiger partial charge in [0.15, 0.2) is 6.61 Å². The molecule has 0 bridgehead atoms. The standard InChI is InChI=1S/C19H21F3N4O4/c1-4-15(27)25-14-9-12(7-8-23-14)11(2)24-17(28)13-5-6-16(26-18(13)29-3)30-10-19(20,21)22/h5-9,11H,4,10H2,1-3H3,(H,24,28)(H,23,25,27). The first-order valence-corrected chi connectivity index (χ1v) is 8.94. The Labute approximate surface area is 170 Å². The monoisotopic (exact) mass is 426 g/mol. The van der Waals surface area contributed by atoms with Gasteiger partial charge in [0.25, 0.3) is 5.91 Å². The second-order valence-electron chi connectivity index (χ2n) is 6.18. The first kappa shape index (κ1) is 22.9. The maximum Gasteiger partial charge on any atom is 0.422 e. The van der Waals surface area contributed by atoms with Crippen LogP contribution in [0.5, 0.6) is 11.8 Å². The second-order valence-corrected chi connectivity index (χ2v) is 6.18. The normalized spacial score (nSPS) is 12.1. The predicted molar refractivity (Wildman–Crippen MR) is 101 cm³/mol. The van der Waals surface area contributed by atoms with E-state index in [1.165, 1.54) is 19.4 Å². The quantitative estimate of drug-likeness (QED) is 0.672. The number of halogens is 3. The summed E-state index contributed by atoms with van der Waals surface area (Å²) in [5, 5.41) is 5.37. The van der Waals surface area contributed by atoms with Crippen molar-refractivity contribution in [1.82, 2.24) is 15.3 Å². The number of nitrogens with one attached hydrogen (secondary N) is 2. The van der Waals surface area contributed by atoms with Crippen LogP contribution in [0, 0.1) is 0 Å². The van der Waals surface area contributed by atoms with E-state index in [0.717, 1.165) is 6.07 Å². The van der Waals surface area contributed by atoms with Gasteiger partial charge in [0.05, 0.1) is 13.2 Å². The number of carbonyl (C=O) groups excluding carboxylic acids is 2. The largest absolute Gasteiger partial charge is 0.480 e. The molecule has 1 atom stereocenters. The molecule has 11 heteroatoms. The number of hydrogen-bond acceptors (Lipinski definition) is 6. The van der Waals surface area contributed by atoms with Crippen LogP contribution in [0.3, 0.4) is 0 Å². The third-order valence-corrected chi connectivity index (χ3v) is 3.88. The van der Waals surface area contributed by atoms with Crippen molar-refractivity contribution in [3.05, 3.63) is 41.6 Å². The molecule has 2 rings (SSSR count). The lowest BCUT2D eigenvalue weighted by Crippen LogP contribution is -2.27. The van der Waals surface area contributed by atoms with E-state index in [9.17, 15) is 22.8 Å². The highest BCUT2D eigenvalue weighted by Crippen LogP contribution is 2.23. The Morgan fingerprint density at radius 1 is 1.23 bits per heavy atom. The Kier molecular flexibility index (Phi) is 7.56. The Balaban J connectivity index is 2.11. The molecule has 0 spiro atoms. The zero-order chi connectivity index (χ0) is 22.3. The van der Waals surface area contributed by atoms with Gasteiger partial charge in [-0.15, -0.1) is 0 Å². The van der Waals surface area contributed by atoms with E-state index in [0.29, 0.717) is 17.8 Å². The number of amides is 2. The number of aromatic nitrogens is 2. The van der Waals surface area contributed by atoms with E-state index in [1.807, 2.05) is 0 Å². The Bertz CT molecular complexity index is 906. The molecule has 2 aromatic rings. The summed E-state index contributed by atoms with van der Waals surface area (Å²) in [5.41, 5.74) is 0.707. The van der Waals surface area contributed by atoms with Gasteiger partial charge in [-0.1, -0.05) is 6.92 Å². The summed E-state index contributed by atoms with van der Waals surface area (Å²) >= 11 is 0. The van der Waals surface area contributed by atoms with Crippen LogP contribution in [0.1, 0.15) is 42.2 Å². The van der Waals surface area contributed by atoms with Crippen LogP contribution >= 0.6 is 0 Å². The van der Waals surface area contributed by atoms with E-state index in [-0.39, 0.29) is 23.2 Å². The molecule has 0 aliphatic rings. The topological polar surface area (TPSA) is 102 Å². The maximum atomic E-state index is 12.6. The van der Waals surface area contributed by atoms with Gasteiger partial charge < -0.3 is 20.1 Å². The summed E-state index contributed by atoms with van der Waals surface area (Å²) in [6.07, 6.45) is -2.72. The van der Waals surface area contributed by atoms with Gasteiger partial charge >= 0.3 is 6.18 Å². The SMILES string of the molecule is CCC(=O)Nc1cc(C(C)NC(=O)c2ccc(OCC(F)(F)F)nc2OC)ccn1. The summed E-state index contributed by atoms with van der Waals surface area (Å²) in [6, 6.07) is 5.25. The highest BCUT2D eigenvalue weighted by molar-refractivity contribution is 5.96. The second kappa shape index (κ2) is 9.90. The van der Waals surface area contributed by atoms with Gasteiger partial charge in [-0.05, 0) is 30.7 Å². The fourth-order valence-electron chi connectivity index (χ4n) is 2.36. The lowest BCUT2D eigenvalue weighted by molar-refractivity contribution is -0.154. The van der Waals surface area contributed by atoms with Gasteiger partial charge in [0.1, 0.15) is 11.4 Å². The van der Waals surface area contributed by atoms with Crippen molar-refractivity contribution < 1.29 is 32.2 Å². The van der Waals surface area contributed by atoms with Crippen LogP contribution in [-0.2, 0) is 4.79 Å². The van der Waals surface area contributed by atoms with E-state index in [1.54, 1.807) is 26.0 Å². The lowest BCUT2D eigenvalue weighted by atomic mass is 10.1. The van der Waals surface area contributed by atoms with Crippen molar-refractivity contribution in [2.75, 3.05) is 19.0 Å². The number of rotatable bonds is 8. The van der Waals surface area contributed by atoms with Crippen molar-refractivity contribution in [3.8, 4) is 11.8 Å². The van der Waals surface area contributed by atoms with E-state index in [4.69, 9.17) is 4.74 Å². The van der Waals surface area contributed by atoms with E-state index in [2.05, 4.69) is 25.3 Å². The summed E-state index contributed by atoms with van der Waals surface area (Å²) in [4.78, 5) is 32.0. The molecule has 0 radical (unpaired) electrons. The minimum Gasteiger partial charge on any atom is -0.480 e. The molecule has 2 amide bonds. The van der Waals surface area contributed by atoms with Crippen molar-refractivity contribution >= 4 is 17.6 Å². The molecule has 2 aromatic heterocycles. The van der Waals surface area contributed by atoms with Gasteiger partial charge in [-0.3, -0.25) is 9.59 Å². The Morgan fingerprint density at radius 2 is 1.97 bits per heavy atom. The molecule has 1 unspecified atom stereocenters. The number of methoxy groups -OCH3 is 1. The maximum absolute atomic E-state index is 12.6. The molecule has 0 saturated heterocycles. The lowest BCUT2D eigenvalue weighted by Gasteiger charge is -2.16. The molecular formula is C19H21F3N4O4. The summed E-state index contributed by atoms with van der Waals surface area (Å²) < 4.78 is 46.4. The van der Waals surface area contributed by atoms with Crippen LogP contribution < -0.4 is 20.1 Å². The average Bonchev–Trinajstić information content (AvgIpc) is 2.71. The molecule has 8 nitrogen and oxygen atoms in total. The van der Waals surface area contributed by atoms with Crippen LogP contribution in [0.4, 0.5) is 19.0 Å². The smallest absolute Gasteiger partial charge is 0.422 e. The van der Waals surface area contributed by atoms with Gasteiger partial charge in [0, 0.05) is 18.7 Å². The van der Waals surface area contributed by atoms with Crippen LogP contribution in [0.25, 0.3) is 0 Å². The summed E-state index contributed by atoms with van der Waals surface area (Å²) in [7, 11) is 1.24. The fourth-order valence-corrected chi connectivity index (χ4v) is 2.36. The minimum atomic E-state index is -4.51. The Hall–Kier alpha value is -3.37. The highest BCUT2D eigenvalue weighted by atomic mass is 19.4.